The molecule has 0 bridgehead atoms. The molecule has 3 aromatic carbocycles. The molecule has 4 rings (SSSR count). The summed E-state index contributed by atoms with van der Waals surface area (Å²) in [6, 6.07) is 28.2. The molecule has 0 radical (unpaired) electrons. The van der Waals surface area contributed by atoms with Crippen LogP contribution in [0.4, 0.5) is 0 Å². The zero-order valence-corrected chi connectivity index (χ0v) is 25.2. The standard InChI is InChI=1S/C32H40O7Si/c1-31(2,3)40(26-13-9-7-10-14-26,27-15-11-8-12-16-27)38-23-32(30(33)36-6)21-28(29(35-5)39-32)37-22-24-17-19-25(34-4)20-18-24/h7-20,28-29H,21-23H2,1-6H3/t28-,29-,32+/m1/s1. The van der Waals surface area contributed by atoms with Gasteiger partial charge in [-0.2, -0.15) is 0 Å². The van der Waals surface area contributed by atoms with Gasteiger partial charge in [0.2, 0.25) is 0 Å². The van der Waals surface area contributed by atoms with Crippen molar-refractivity contribution in [3.8, 4) is 5.75 Å². The van der Waals surface area contributed by atoms with Gasteiger partial charge in [0, 0.05) is 13.5 Å². The van der Waals surface area contributed by atoms with E-state index in [4.69, 9.17) is 28.1 Å². The molecule has 0 spiro atoms. The maximum absolute atomic E-state index is 13.4. The lowest BCUT2D eigenvalue weighted by atomic mass is 10.00. The molecule has 1 saturated heterocycles. The maximum atomic E-state index is 13.4. The second-order valence-electron chi connectivity index (χ2n) is 11.1. The van der Waals surface area contributed by atoms with E-state index in [-0.39, 0.29) is 18.1 Å². The lowest BCUT2D eigenvalue weighted by molar-refractivity contribution is -0.207. The normalized spacial score (nSPS) is 21.2. The van der Waals surface area contributed by atoms with Crippen molar-refractivity contribution >= 4 is 24.7 Å². The van der Waals surface area contributed by atoms with Crippen LogP contribution < -0.4 is 15.1 Å². The summed E-state index contributed by atoms with van der Waals surface area (Å²) in [4.78, 5) is 13.4. The fourth-order valence-electron chi connectivity index (χ4n) is 5.49. The Morgan fingerprint density at radius 3 is 1.95 bits per heavy atom. The summed E-state index contributed by atoms with van der Waals surface area (Å²) in [5.41, 5.74) is -0.428. The van der Waals surface area contributed by atoms with Gasteiger partial charge in [-0.3, -0.25) is 0 Å². The van der Waals surface area contributed by atoms with Gasteiger partial charge in [-0.1, -0.05) is 93.6 Å². The first kappa shape index (κ1) is 30.0. The largest absolute Gasteiger partial charge is 0.497 e. The van der Waals surface area contributed by atoms with Crippen LogP contribution in [0.2, 0.25) is 5.04 Å². The van der Waals surface area contributed by atoms with Crippen molar-refractivity contribution in [2.45, 2.75) is 56.8 Å². The minimum absolute atomic E-state index is 0.00475. The lowest BCUT2D eigenvalue weighted by Crippen LogP contribution is -2.68. The van der Waals surface area contributed by atoms with Crippen LogP contribution >= 0.6 is 0 Å². The average Bonchev–Trinajstić information content (AvgIpc) is 3.35. The van der Waals surface area contributed by atoms with E-state index in [0.29, 0.717) is 6.61 Å². The van der Waals surface area contributed by atoms with Crippen LogP contribution in [0.3, 0.4) is 0 Å². The molecule has 0 aromatic heterocycles. The second kappa shape index (κ2) is 12.7. The molecule has 7 nitrogen and oxygen atoms in total. The predicted octanol–water partition coefficient (Wildman–Crippen LogP) is 4.46. The first-order valence-corrected chi connectivity index (χ1v) is 15.4. The van der Waals surface area contributed by atoms with Crippen molar-refractivity contribution in [1.82, 2.24) is 0 Å². The van der Waals surface area contributed by atoms with Gasteiger partial charge in [-0.25, -0.2) is 4.79 Å². The van der Waals surface area contributed by atoms with Crippen molar-refractivity contribution in [2.24, 2.45) is 0 Å². The summed E-state index contributed by atoms with van der Waals surface area (Å²) in [7, 11) is 1.60. The fourth-order valence-corrected chi connectivity index (χ4v) is 10.1. The van der Waals surface area contributed by atoms with Gasteiger partial charge < -0.3 is 28.1 Å². The molecule has 0 unspecified atom stereocenters. The smallest absolute Gasteiger partial charge is 0.340 e. The molecule has 3 aromatic rings. The number of rotatable bonds is 11. The first-order chi connectivity index (χ1) is 19.2. The van der Waals surface area contributed by atoms with E-state index in [0.717, 1.165) is 21.7 Å². The van der Waals surface area contributed by atoms with E-state index < -0.39 is 32.3 Å². The summed E-state index contributed by atoms with van der Waals surface area (Å²) in [5.74, 6) is 0.260. The van der Waals surface area contributed by atoms with Crippen LogP contribution in [0.15, 0.2) is 84.9 Å². The van der Waals surface area contributed by atoms with Crippen LogP contribution in [-0.2, 0) is 34.8 Å². The molecule has 3 atom stereocenters. The Bertz CT molecular complexity index is 1190. The molecule has 0 aliphatic carbocycles. The molecule has 8 heteroatoms. The molecule has 1 aliphatic rings. The van der Waals surface area contributed by atoms with Crippen LogP contribution in [-0.4, -0.2) is 60.2 Å². The Hall–Kier alpha value is -3.01. The van der Waals surface area contributed by atoms with Crippen LogP contribution in [0.25, 0.3) is 0 Å². The minimum Gasteiger partial charge on any atom is -0.497 e. The van der Waals surface area contributed by atoms with Crippen LogP contribution in [0, 0.1) is 0 Å². The molecule has 214 valence electrons. The van der Waals surface area contributed by atoms with Gasteiger partial charge in [0.1, 0.15) is 11.9 Å². The summed E-state index contributed by atoms with van der Waals surface area (Å²) in [5, 5.41) is 1.96. The zero-order chi connectivity index (χ0) is 28.8. The quantitative estimate of drug-likeness (QED) is 0.252. The van der Waals surface area contributed by atoms with Crippen LogP contribution in [0.5, 0.6) is 5.75 Å². The third kappa shape index (κ3) is 6.01. The Morgan fingerprint density at radius 2 is 1.48 bits per heavy atom. The number of hydrogen-bond donors (Lipinski definition) is 0. The number of benzene rings is 3. The summed E-state index contributed by atoms with van der Waals surface area (Å²) < 4.78 is 35.8. The number of carbonyl (C=O) groups is 1. The fraction of sp³-hybridized carbons (Fsp3) is 0.406. The molecular weight excluding hydrogens is 524 g/mol. The van der Waals surface area contributed by atoms with Crippen molar-refractivity contribution in [2.75, 3.05) is 27.9 Å². The monoisotopic (exact) mass is 564 g/mol. The minimum atomic E-state index is -2.94. The Labute approximate surface area is 238 Å². The molecule has 0 amide bonds. The van der Waals surface area contributed by atoms with Crippen molar-refractivity contribution in [3.05, 3.63) is 90.5 Å². The second-order valence-corrected chi connectivity index (χ2v) is 15.4. The van der Waals surface area contributed by atoms with E-state index in [9.17, 15) is 4.79 Å². The van der Waals surface area contributed by atoms with E-state index >= 15 is 0 Å². The van der Waals surface area contributed by atoms with Crippen molar-refractivity contribution < 1.29 is 32.9 Å². The van der Waals surface area contributed by atoms with Gasteiger partial charge in [-0.05, 0) is 33.1 Å². The molecule has 0 saturated carbocycles. The third-order valence-corrected chi connectivity index (χ3v) is 12.5. The highest BCUT2D eigenvalue weighted by molar-refractivity contribution is 6.99. The highest BCUT2D eigenvalue weighted by Crippen LogP contribution is 2.40. The topological polar surface area (TPSA) is 72.5 Å². The average molecular weight is 565 g/mol. The number of methoxy groups -OCH3 is 3. The maximum Gasteiger partial charge on any atom is 0.340 e. The predicted molar refractivity (Wildman–Crippen MR) is 156 cm³/mol. The van der Waals surface area contributed by atoms with Crippen molar-refractivity contribution in [1.29, 1.82) is 0 Å². The number of esters is 1. The first-order valence-electron chi connectivity index (χ1n) is 13.5. The van der Waals surface area contributed by atoms with Crippen LogP contribution in [0.1, 0.15) is 32.8 Å². The third-order valence-electron chi connectivity index (χ3n) is 7.53. The van der Waals surface area contributed by atoms with E-state index in [1.54, 1.807) is 14.2 Å². The molecule has 40 heavy (non-hydrogen) atoms. The summed E-state index contributed by atoms with van der Waals surface area (Å²) in [6.45, 7) is 6.90. The summed E-state index contributed by atoms with van der Waals surface area (Å²) in [6.07, 6.45) is -1.04. The zero-order valence-electron chi connectivity index (χ0n) is 24.2. The molecule has 1 fully saturated rings. The lowest BCUT2D eigenvalue weighted by Gasteiger charge is -2.44. The van der Waals surface area contributed by atoms with Crippen molar-refractivity contribution in [3.63, 3.8) is 0 Å². The van der Waals surface area contributed by atoms with Gasteiger partial charge in [0.15, 0.2) is 11.9 Å². The highest BCUT2D eigenvalue weighted by Gasteiger charge is 2.57. The molecule has 1 heterocycles. The number of ether oxygens (including phenoxy) is 5. The molecule has 0 N–H and O–H groups in total. The molecule has 1 aliphatic heterocycles. The Balaban J connectivity index is 1.65. The van der Waals surface area contributed by atoms with E-state index in [2.05, 4.69) is 45.0 Å². The highest BCUT2D eigenvalue weighted by atomic mass is 28.4. The van der Waals surface area contributed by atoms with Gasteiger partial charge in [0.05, 0.1) is 27.4 Å². The van der Waals surface area contributed by atoms with Gasteiger partial charge in [0.25, 0.3) is 8.32 Å². The Morgan fingerprint density at radius 1 is 0.900 bits per heavy atom. The summed E-state index contributed by atoms with van der Waals surface area (Å²) >= 11 is 0. The number of hydrogen-bond acceptors (Lipinski definition) is 7. The Kier molecular flexibility index (Phi) is 9.48. The number of carbonyl (C=O) groups excluding carboxylic acids is 1. The van der Waals surface area contributed by atoms with E-state index in [1.807, 2.05) is 60.7 Å². The van der Waals surface area contributed by atoms with E-state index in [1.165, 1.54) is 7.11 Å². The van der Waals surface area contributed by atoms with Gasteiger partial charge in [-0.15, -0.1) is 0 Å². The molecular formula is C32H40O7Si. The van der Waals surface area contributed by atoms with Gasteiger partial charge >= 0.3 is 5.97 Å². The SMILES string of the molecule is COC(=O)[C@@]1(CO[Si](c2ccccc2)(c2ccccc2)C(C)(C)C)C[C@@H](OCc2ccc(OC)cc2)[C@H](OC)O1.